The van der Waals surface area contributed by atoms with Crippen molar-refractivity contribution in [1.29, 1.82) is 0 Å². The van der Waals surface area contributed by atoms with Crippen molar-refractivity contribution in [3.63, 3.8) is 0 Å². The lowest BCUT2D eigenvalue weighted by Gasteiger charge is -2.24. The van der Waals surface area contributed by atoms with Gasteiger partial charge in [-0.15, -0.1) is 0 Å². The molecule has 1 aliphatic carbocycles. The van der Waals surface area contributed by atoms with E-state index in [1.54, 1.807) is 0 Å². The van der Waals surface area contributed by atoms with Crippen molar-refractivity contribution in [1.82, 2.24) is 0 Å². The smallest absolute Gasteiger partial charge is 0.0602 e. The molecular weight excluding hydrogens is 136 g/mol. The summed E-state index contributed by atoms with van der Waals surface area (Å²) in [4.78, 5) is 0. The molecule has 1 saturated carbocycles. The van der Waals surface area contributed by atoms with E-state index in [2.05, 4.69) is 19.1 Å². The van der Waals surface area contributed by atoms with E-state index in [1.165, 1.54) is 19.3 Å². The molecule has 0 spiro atoms. The molecule has 1 aliphatic rings. The molecule has 1 N–H and O–H groups in total. The predicted octanol–water partition coefficient (Wildman–Crippen LogP) is 2.50. The zero-order valence-electron chi connectivity index (χ0n) is 7.29. The highest BCUT2D eigenvalue weighted by molar-refractivity contribution is 4.92. The van der Waals surface area contributed by atoms with Gasteiger partial charge in [-0.2, -0.15) is 0 Å². The monoisotopic (exact) mass is 154 g/mol. The minimum atomic E-state index is -0.0634. The van der Waals surface area contributed by atoms with Crippen LogP contribution in [0.2, 0.25) is 0 Å². The summed E-state index contributed by atoms with van der Waals surface area (Å²) in [5, 5.41) is 9.54. The minimum Gasteiger partial charge on any atom is -0.393 e. The highest BCUT2D eigenvalue weighted by Crippen LogP contribution is 2.25. The van der Waals surface area contributed by atoms with Crippen LogP contribution in [0.5, 0.6) is 0 Å². The van der Waals surface area contributed by atoms with Crippen LogP contribution in [0.1, 0.15) is 39.0 Å². The Morgan fingerprint density at radius 3 is 2.73 bits per heavy atom. The summed E-state index contributed by atoms with van der Waals surface area (Å²) in [5.41, 5.74) is 0. The highest BCUT2D eigenvalue weighted by Gasteiger charge is 2.19. The van der Waals surface area contributed by atoms with Gasteiger partial charge in [-0.25, -0.2) is 0 Å². The van der Waals surface area contributed by atoms with Crippen molar-refractivity contribution >= 4 is 0 Å². The summed E-state index contributed by atoms with van der Waals surface area (Å²) >= 11 is 0. The van der Waals surface area contributed by atoms with Gasteiger partial charge in [0.05, 0.1) is 6.10 Å². The van der Waals surface area contributed by atoms with Crippen LogP contribution in [0.3, 0.4) is 0 Å². The molecule has 0 heterocycles. The molecule has 0 bridgehead atoms. The number of hydrogen-bond donors (Lipinski definition) is 1. The molecule has 0 aromatic rings. The normalized spacial score (nSPS) is 32.9. The van der Waals surface area contributed by atoms with Crippen molar-refractivity contribution in [3.05, 3.63) is 12.2 Å². The number of aliphatic hydroxyl groups excluding tert-OH is 1. The Bertz CT molecular complexity index is 129. The van der Waals surface area contributed by atoms with Gasteiger partial charge in [-0.3, -0.25) is 0 Å². The molecule has 11 heavy (non-hydrogen) atoms. The second kappa shape index (κ2) is 4.55. The summed E-state index contributed by atoms with van der Waals surface area (Å²) in [7, 11) is 0. The third kappa shape index (κ3) is 2.66. The molecule has 64 valence electrons. The van der Waals surface area contributed by atoms with Gasteiger partial charge in [0.25, 0.3) is 0 Å². The summed E-state index contributed by atoms with van der Waals surface area (Å²) in [6.07, 6.45) is 10.0. The maximum absolute atomic E-state index is 9.54. The van der Waals surface area contributed by atoms with Crippen molar-refractivity contribution in [2.75, 3.05) is 0 Å². The first-order valence-electron chi connectivity index (χ1n) is 4.69. The quantitative estimate of drug-likeness (QED) is 0.606. The third-order valence-electron chi connectivity index (χ3n) is 2.40. The second-order valence-corrected chi connectivity index (χ2v) is 3.35. The molecule has 0 saturated heterocycles. The molecule has 1 rings (SSSR count). The van der Waals surface area contributed by atoms with Crippen LogP contribution in [0.4, 0.5) is 0 Å². The van der Waals surface area contributed by atoms with Crippen molar-refractivity contribution < 1.29 is 5.11 Å². The van der Waals surface area contributed by atoms with E-state index in [4.69, 9.17) is 0 Å². The molecule has 0 aromatic heterocycles. The Balaban J connectivity index is 2.35. The van der Waals surface area contributed by atoms with Gasteiger partial charge < -0.3 is 5.11 Å². The average molecular weight is 154 g/mol. The first kappa shape index (κ1) is 8.79. The van der Waals surface area contributed by atoms with Gasteiger partial charge >= 0.3 is 0 Å². The standard InChI is InChI=1S/C10H18O/c1-2-3-6-9-7-4-5-8-10(9)11/h3,6,9-11H,2,4-5,7-8H2,1H3. The van der Waals surface area contributed by atoms with Crippen LogP contribution in [0.15, 0.2) is 12.2 Å². The molecule has 0 amide bonds. The zero-order chi connectivity index (χ0) is 8.10. The predicted molar refractivity (Wildman–Crippen MR) is 47.4 cm³/mol. The number of hydrogen-bond acceptors (Lipinski definition) is 1. The van der Waals surface area contributed by atoms with E-state index >= 15 is 0 Å². The molecule has 0 radical (unpaired) electrons. The lowest BCUT2D eigenvalue weighted by molar-refractivity contribution is 0.0926. The van der Waals surface area contributed by atoms with E-state index < -0.39 is 0 Å². The molecule has 1 heteroatoms. The van der Waals surface area contributed by atoms with Crippen LogP contribution in [0, 0.1) is 5.92 Å². The molecule has 0 aromatic carbocycles. The summed E-state index contributed by atoms with van der Waals surface area (Å²) in [6.45, 7) is 2.13. The fraction of sp³-hybridized carbons (Fsp3) is 0.800. The molecule has 0 aliphatic heterocycles. The zero-order valence-corrected chi connectivity index (χ0v) is 7.29. The minimum absolute atomic E-state index is 0.0634. The van der Waals surface area contributed by atoms with E-state index in [9.17, 15) is 5.11 Å². The Hall–Kier alpha value is -0.300. The largest absolute Gasteiger partial charge is 0.393 e. The molecule has 2 atom stereocenters. The summed E-state index contributed by atoms with van der Waals surface area (Å²) < 4.78 is 0. The average Bonchev–Trinajstić information content (AvgIpc) is 2.03. The van der Waals surface area contributed by atoms with E-state index in [-0.39, 0.29) is 6.10 Å². The van der Waals surface area contributed by atoms with Gasteiger partial charge in [0.2, 0.25) is 0 Å². The SMILES string of the molecule is CCC=CC1CCCCC1O. The maximum atomic E-state index is 9.54. The van der Waals surface area contributed by atoms with Crippen molar-refractivity contribution in [2.24, 2.45) is 5.92 Å². The fourth-order valence-electron chi connectivity index (χ4n) is 1.68. The fourth-order valence-corrected chi connectivity index (χ4v) is 1.68. The Morgan fingerprint density at radius 1 is 1.36 bits per heavy atom. The van der Waals surface area contributed by atoms with Gasteiger partial charge in [0.1, 0.15) is 0 Å². The van der Waals surface area contributed by atoms with Crippen LogP contribution in [-0.2, 0) is 0 Å². The first-order chi connectivity index (χ1) is 5.34. The second-order valence-electron chi connectivity index (χ2n) is 3.35. The maximum Gasteiger partial charge on any atom is 0.0602 e. The Labute approximate surface area is 69.1 Å². The van der Waals surface area contributed by atoms with Gasteiger partial charge in [0.15, 0.2) is 0 Å². The molecule has 2 unspecified atom stereocenters. The Morgan fingerprint density at radius 2 is 2.09 bits per heavy atom. The number of aliphatic hydroxyl groups is 1. The van der Waals surface area contributed by atoms with Gasteiger partial charge in [0, 0.05) is 5.92 Å². The van der Waals surface area contributed by atoms with E-state index in [1.807, 2.05) is 0 Å². The molecule has 1 fully saturated rings. The first-order valence-corrected chi connectivity index (χ1v) is 4.69. The lowest BCUT2D eigenvalue weighted by Crippen LogP contribution is -2.22. The number of rotatable bonds is 2. The Kier molecular flexibility index (Phi) is 3.64. The summed E-state index contributed by atoms with van der Waals surface area (Å²) in [5.74, 6) is 0.448. The third-order valence-corrected chi connectivity index (χ3v) is 2.40. The van der Waals surface area contributed by atoms with Crippen LogP contribution in [-0.4, -0.2) is 11.2 Å². The highest BCUT2D eigenvalue weighted by atomic mass is 16.3. The van der Waals surface area contributed by atoms with Gasteiger partial charge in [-0.1, -0.05) is 31.9 Å². The lowest BCUT2D eigenvalue weighted by atomic mass is 9.86. The number of allylic oxidation sites excluding steroid dienone is 1. The molecular formula is C10H18O. The van der Waals surface area contributed by atoms with Crippen molar-refractivity contribution in [2.45, 2.75) is 45.1 Å². The van der Waals surface area contributed by atoms with Crippen LogP contribution < -0.4 is 0 Å². The topological polar surface area (TPSA) is 20.2 Å². The summed E-state index contributed by atoms with van der Waals surface area (Å²) in [6, 6.07) is 0. The molecule has 1 nitrogen and oxygen atoms in total. The van der Waals surface area contributed by atoms with E-state index in [0.717, 1.165) is 12.8 Å². The van der Waals surface area contributed by atoms with E-state index in [0.29, 0.717) is 5.92 Å². The van der Waals surface area contributed by atoms with Gasteiger partial charge in [-0.05, 0) is 19.3 Å². The van der Waals surface area contributed by atoms with Crippen LogP contribution in [0.25, 0.3) is 0 Å². The van der Waals surface area contributed by atoms with Crippen LogP contribution >= 0.6 is 0 Å². The van der Waals surface area contributed by atoms with Crippen molar-refractivity contribution in [3.8, 4) is 0 Å².